The second-order valence-corrected chi connectivity index (χ2v) is 5.83. The maximum absolute atomic E-state index is 11.8. The first-order valence-electron chi connectivity index (χ1n) is 7.58. The number of carbonyl (C=O) groups excluding carboxylic acids is 1. The average Bonchev–Trinajstić information content (AvgIpc) is 2.55. The molecule has 0 bridgehead atoms. The van der Waals surface area contributed by atoms with Gasteiger partial charge in [0.05, 0.1) is 13.2 Å². The fourth-order valence-electron chi connectivity index (χ4n) is 1.98. The van der Waals surface area contributed by atoms with Crippen LogP contribution in [0.3, 0.4) is 0 Å². The molecule has 4 nitrogen and oxygen atoms in total. The van der Waals surface area contributed by atoms with Gasteiger partial charge in [0.25, 0.3) is 0 Å². The Balaban J connectivity index is 1.66. The van der Waals surface area contributed by atoms with Gasteiger partial charge in [-0.25, -0.2) is 0 Å². The predicted octanol–water partition coefficient (Wildman–Crippen LogP) is 4.65. The normalized spacial score (nSPS) is 10.2. The minimum Gasteiger partial charge on any atom is -0.494 e. The number of halogens is 1. The molecule has 0 fully saturated rings. The van der Waals surface area contributed by atoms with Crippen LogP contribution in [0.25, 0.3) is 0 Å². The molecule has 2 aromatic carbocycles. The zero-order valence-corrected chi connectivity index (χ0v) is 14.6. The quantitative estimate of drug-likeness (QED) is 0.681. The van der Waals surface area contributed by atoms with E-state index in [1.807, 2.05) is 55.5 Å². The van der Waals surface area contributed by atoms with Crippen molar-refractivity contribution < 1.29 is 14.3 Å². The Morgan fingerprint density at radius 1 is 1.00 bits per heavy atom. The van der Waals surface area contributed by atoms with Crippen LogP contribution in [0.2, 0.25) is 0 Å². The average molecular weight is 378 g/mol. The SMILES string of the molecule is CCOc1ccc(OCCCC(=O)Nc2ccc(Br)cc2)cc1. The van der Waals surface area contributed by atoms with Gasteiger partial charge < -0.3 is 14.8 Å². The lowest BCUT2D eigenvalue weighted by Crippen LogP contribution is -2.12. The monoisotopic (exact) mass is 377 g/mol. The lowest BCUT2D eigenvalue weighted by molar-refractivity contribution is -0.116. The Kier molecular flexibility index (Phi) is 6.94. The Labute approximate surface area is 144 Å². The van der Waals surface area contributed by atoms with E-state index in [0.717, 1.165) is 21.7 Å². The molecule has 0 heterocycles. The predicted molar refractivity (Wildman–Crippen MR) is 95.1 cm³/mol. The van der Waals surface area contributed by atoms with Crippen LogP contribution in [0.1, 0.15) is 19.8 Å². The number of ether oxygens (including phenoxy) is 2. The molecule has 23 heavy (non-hydrogen) atoms. The third-order valence-corrected chi connectivity index (χ3v) is 3.61. The third kappa shape index (κ3) is 6.32. The summed E-state index contributed by atoms with van der Waals surface area (Å²) in [6.45, 7) is 3.10. The summed E-state index contributed by atoms with van der Waals surface area (Å²) in [6.07, 6.45) is 1.09. The van der Waals surface area contributed by atoms with Gasteiger partial charge in [-0.2, -0.15) is 0 Å². The third-order valence-electron chi connectivity index (χ3n) is 3.08. The number of benzene rings is 2. The van der Waals surface area contributed by atoms with Gasteiger partial charge in [-0.3, -0.25) is 4.79 Å². The summed E-state index contributed by atoms with van der Waals surface area (Å²) in [6, 6.07) is 15.0. The molecular formula is C18H20BrNO3. The Morgan fingerprint density at radius 3 is 2.22 bits per heavy atom. The highest BCUT2D eigenvalue weighted by Gasteiger charge is 2.03. The minimum absolute atomic E-state index is 0.0115. The summed E-state index contributed by atoms with van der Waals surface area (Å²) in [5.41, 5.74) is 0.797. The van der Waals surface area contributed by atoms with E-state index in [0.29, 0.717) is 26.1 Å². The smallest absolute Gasteiger partial charge is 0.224 e. The number of amides is 1. The van der Waals surface area contributed by atoms with E-state index < -0.39 is 0 Å². The van der Waals surface area contributed by atoms with Gasteiger partial charge in [0.2, 0.25) is 5.91 Å². The maximum Gasteiger partial charge on any atom is 0.224 e. The van der Waals surface area contributed by atoms with Crippen molar-refractivity contribution in [1.82, 2.24) is 0 Å². The summed E-state index contributed by atoms with van der Waals surface area (Å²) in [5.74, 6) is 1.60. The molecule has 1 amide bonds. The number of anilines is 1. The Morgan fingerprint density at radius 2 is 1.61 bits per heavy atom. The zero-order valence-electron chi connectivity index (χ0n) is 13.0. The van der Waals surface area contributed by atoms with Gasteiger partial charge >= 0.3 is 0 Å². The van der Waals surface area contributed by atoms with Crippen LogP contribution in [0.4, 0.5) is 5.69 Å². The standard InChI is InChI=1S/C18H20BrNO3/c1-2-22-16-9-11-17(12-10-16)23-13-3-4-18(21)20-15-7-5-14(19)6-8-15/h5-12H,2-4,13H2,1H3,(H,20,21). The van der Waals surface area contributed by atoms with Crippen molar-refractivity contribution in [1.29, 1.82) is 0 Å². The number of nitrogens with one attached hydrogen (secondary N) is 1. The highest BCUT2D eigenvalue weighted by molar-refractivity contribution is 9.10. The summed E-state index contributed by atoms with van der Waals surface area (Å²) < 4.78 is 12.0. The summed E-state index contributed by atoms with van der Waals surface area (Å²) >= 11 is 3.36. The molecule has 0 radical (unpaired) electrons. The van der Waals surface area contributed by atoms with Gasteiger partial charge in [-0.15, -0.1) is 0 Å². The Bertz CT molecular complexity index is 611. The first kappa shape index (κ1) is 17.3. The van der Waals surface area contributed by atoms with Crippen LogP contribution in [0, 0.1) is 0 Å². The minimum atomic E-state index is -0.0115. The van der Waals surface area contributed by atoms with E-state index in [-0.39, 0.29) is 5.91 Å². The van der Waals surface area contributed by atoms with E-state index in [1.165, 1.54) is 0 Å². The van der Waals surface area contributed by atoms with Gasteiger partial charge in [0, 0.05) is 16.6 Å². The lowest BCUT2D eigenvalue weighted by atomic mass is 10.2. The van der Waals surface area contributed by atoms with Gasteiger partial charge in [-0.1, -0.05) is 15.9 Å². The Hall–Kier alpha value is -2.01. The van der Waals surface area contributed by atoms with Crippen molar-refractivity contribution in [3.63, 3.8) is 0 Å². The highest BCUT2D eigenvalue weighted by Crippen LogP contribution is 2.18. The zero-order chi connectivity index (χ0) is 16.5. The van der Waals surface area contributed by atoms with Crippen LogP contribution in [-0.2, 0) is 4.79 Å². The van der Waals surface area contributed by atoms with Crippen molar-refractivity contribution in [3.05, 3.63) is 53.0 Å². The summed E-state index contributed by atoms with van der Waals surface area (Å²) in [5, 5.41) is 2.86. The first-order chi connectivity index (χ1) is 11.2. The van der Waals surface area contributed by atoms with Crippen molar-refractivity contribution >= 4 is 27.5 Å². The molecule has 0 aliphatic rings. The number of rotatable bonds is 8. The van der Waals surface area contributed by atoms with E-state index in [2.05, 4.69) is 21.2 Å². The van der Waals surface area contributed by atoms with Crippen molar-refractivity contribution in [2.24, 2.45) is 0 Å². The molecule has 1 N–H and O–H groups in total. The summed E-state index contributed by atoms with van der Waals surface area (Å²) in [4.78, 5) is 11.8. The van der Waals surface area contributed by atoms with Crippen LogP contribution < -0.4 is 14.8 Å². The maximum atomic E-state index is 11.8. The number of carbonyl (C=O) groups is 1. The van der Waals surface area contributed by atoms with E-state index in [4.69, 9.17) is 9.47 Å². The second-order valence-electron chi connectivity index (χ2n) is 4.91. The van der Waals surface area contributed by atoms with Gasteiger partial charge in [-0.05, 0) is 61.9 Å². The van der Waals surface area contributed by atoms with Crippen molar-refractivity contribution in [3.8, 4) is 11.5 Å². The van der Waals surface area contributed by atoms with E-state index >= 15 is 0 Å². The van der Waals surface area contributed by atoms with E-state index in [9.17, 15) is 4.79 Å². The highest BCUT2D eigenvalue weighted by atomic mass is 79.9. The molecule has 0 saturated heterocycles. The van der Waals surface area contributed by atoms with Crippen LogP contribution >= 0.6 is 15.9 Å². The molecule has 0 aliphatic heterocycles. The number of hydrogen-bond acceptors (Lipinski definition) is 3. The molecule has 0 aromatic heterocycles. The fourth-order valence-corrected chi connectivity index (χ4v) is 2.24. The van der Waals surface area contributed by atoms with Crippen LogP contribution in [0.5, 0.6) is 11.5 Å². The first-order valence-corrected chi connectivity index (χ1v) is 8.38. The second kappa shape index (κ2) is 9.20. The molecule has 0 atom stereocenters. The molecule has 0 unspecified atom stereocenters. The summed E-state index contributed by atoms with van der Waals surface area (Å²) in [7, 11) is 0. The van der Waals surface area contributed by atoms with Gasteiger partial charge in [0.1, 0.15) is 11.5 Å². The fraction of sp³-hybridized carbons (Fsp3) is 0.278. The molecule has 5 heteroatoms. The molecule has 0 spiro atoms. The van der Waals surface area contributed by atoms with Crippen LogP contribution in [-0.4, -0.2) is 19.1 Å². The lowest BCUT2D eigenvalue weighted by Gasteiger charge is -2.08. The van der Waals surface area contributed by atoms with Crippen molar-refractivity contribution in [2.75, 3.05) is 18.5 Å². The van der Waals surface area contributed by atoms with Crippen LogP contribution in [0.15, 0.2) is 53.0 Å². The molecule has 0 aliphatic carbocycles. The molecular weight excluding hydrogens is 358 g/mol. The molecule has 122 valence electrons. The van der Waals surface area contributed by atoms with Crippen molar-refractivity contribution in [2.45, 2.75) is 19.8 Å². The van der Waals surface area contributed by atoms with Gasteiger partial charge in [0.15, 0.2) is 0 Å². The largest absolute Gasteiger partial charge is 0.494 e. The number of hydrogen-bond donors (Lipinski definition) is 1. The van der Waals surface area contributed by atoms with E-state index in [1.54, 1.807) is 0 Å². The molecule has 0 saturated carbocycles. The molecule has 2 aromatic rings. The molecule has 2 rings (SSSR count). The topological polar surface area (TPSA) is 47.6 Å².